The number of hydrogen-bond acceptors (Lipinski definition) is 32. The van der Waals surface area contributed by atoms with Crippen molar-refractivity contribution in [1.29, 1.82) is 0 Å². The molecule has 4 aliphatic rings. The van der Waals surface area contributed by atoms with Crippen molar-refractivity contribution >= 4 is 47.0 Å². The molecule has 4 fully saturated rings. The summed E-state index contributed by atoms with van der Waals surface area (Å²) in [6.07, 6.45) is -32.3. The molecule has 0 amide bonds. The van der Waals surface area contributed by atoms with Crippen LogP contribution in [0.25, 0.3) is 34.4 Å². The van der Waals surface area contributed by atoms with Crippen LogP contribution in [0.2, 0.25) is 0 Å². The lowest BCUT2D eigenvalue weighted by atomic mass is 9.98. The van der Waals surface area contributed by atoms with E-state index in [1.807, 2.05) is 0 Å². The van der Waals surface area contributed by atoms with E-state index >= 15 is 0 Å². The Bertz CT molecular complexity index is 3550. The van der Waals surface area contributed by atoms with Gasteiger partial charge in [0, 0.05) is 30.4 Å². The van der Waals surface area contributed by atoms with Gasteiger partial charge >= 0.3 is 35.2 Å². The van der Waals surface area contributed by atoms with E-state index in [0.29, 0.717) is 5.56 Å². The minimum Gasteiger partial charge on any atom is -0.507 e. The van der Waals surface area contributed by atoms with Crippen molar-refractivity contribution in [3.63, 3.8) is 0 Å². The Labute approximate surface area is 535 Å². The van der Waals surface area contributed by atoms with Gasteiger partial charge < -0.3 is 143 Å². The third-order valence-corrected chi connectivity index (χ3v) is 15.2. The topological polar surface area (TPSA) is 523 Å². The second-order valence-corrected chi connectivity index (χ2v) is 21.7. The summed E-state index contributed by atoms with van der Waals surface area (Å²) in [6.45, 7) is -3.14. The van der Waals surface area contributed by atoms with Gasteiger partial charge in [0.25, 0.3) is 0 Å². The zero-order valence-corrected chi connectivity index (χ0v) is 49.7. The summed E-state index contributed by atoms with van der Waals surface area (Å²) in [5.41, 5.74) is 0.203. The summed E-state index contributed by atoms with van der Waals surface area (Å²) in [6, 6.07) is 14.8. The van der Waals surface area contributed by atoms with Crippen molar-refractivity contribution in [2.75, 3.05) is 40.6 Å². The number of phenolic OH excluding ortho intramolecular Hbond substituents is 4. The number of aliphatic hydroxyl groups is 11. The molecule has 4 aromatic carbocycles. The molecule has 19 atom stereocenters. The molecule has 4 saturated heterocycles. The minimum absolute atomic E-state index is 0.0372. The first-order chi connectivity index (χ1) is 45.2. The number of rotatable bonds is 23. The lowest BCUT2D eigenvalue weighted by Gasteiger charge is -2.45. The average Bonchev–Trinajstić information content (AvgIpc) is 0.766. The summed E-state index contributed by atoms with van der Waals surface area (Å²) in [5.74, 6) is -8.68. The van der Waals surface area contributed by atoms with E-state index in [0.717, 1.165) is 42.5 Å². The molecule has 34 heteroatoms. The molecule has 16 N–H and O–H groups in total. The molecule has 9 rings (SSSR count). The van der Waals surface area contributed by atoms with Gasteiger partial charge in [-0.1, -0.05) is 12.1 Å². The van der Waals surface area contributed by atoms with Crippen LogP contribution < -0.4 is 23.7 Å². The standard InChI is InChI=1S/C61H66O34/c1-82-35-13-25(14-36(83-2)46(35)73)6-12-43(70)94-56-45(72)32(66)21-86-60(56)95-57-52(79)49(76)40(22-84-42(69)11-5-24-3-8-28(9-4-24)87-58-53(80)50(77)47(74)38(20-62)91-58)93-61(57)90-37-18-29-33(88-55(37)26-7-10-30(64)31(65)15-26)16-27(63)17-34(29)89-59-54(81)51(78)48(75)39(92-59)23-85-44(71)19-41(67)68/h3-18,32,38-40,45,47-54,56-62,66,72,74-81H,19-23H2,1-2H3,(H4-,63,64,65,67,68,70,73)/p+1/b11-5+/t32-,38-,39-,40-,45+,47-,48-,49-,50+,51+,52+,53-,54-,56-,57-,58-,59-,60+,61-/m1/s1. The molecule has 5 heterocycles. The Kier molecular flexibility index (Phi) is 22.8. The van der Waals surface area contributed by atoms with E-state index in [2.05, 4.69) is 0 Å². The van der Waals surface area contributed by atoms with Crippen LogP contribution in [0.4, 0.5) is 0 Å². The second-order valence-electron chi connectivity index (χ2n) is 21.7. The maximum atomic E-state index is 13.5. The molecule has 0 radical (unpaired) electrons. The summed E-state index contributed by atoms with van der Waals surface area (Å²) in [4.78, 5) is 50.1. The van der Waals surface area contributed by atoms with Gasteiger partial charge in [0.05, 0.1) is 39.1 Å². The van der Waals surface area contributed by atoms with Gasteiger partial charge in [0.15, 0.2) is 41.5 Å². The Morgan fingerprint density at radius 1 is 0.558 bits per heavy atom. The van der Waals surface area contributed by atoms with Crippen molar-refractivity contribution in [1.82, 2.24) is 0 Å². The number of phenols is 4. The first-order valence-corrected chi connectivity index (χ1v) is 28.7. The van der Waals surface area contributed by atoms with Gasteiger partial charge in [-0.15, -0.1) is 0 Å². The Morgan fingerprint density at radius 3 is 1.79 bits per heavy atom. The van der Waals surface area contributed by atoms with Crippen molar-refractivity contribution in [2.24, 2.45) is 0 Å². The van der Waals surface area contributed by atoms with Crippen molar-refractivity contribution in [3.05, 3.63) is 96.1 Å². The molecule has 1 aromatic heterocycles. The zero-order chi connectivity index (χ0) is 68.7. The second kappa shape index (κ2) is 30.7. The Morgan fingerprint density at radius 2 is 1.15 bits per heavy atom. The minimum atomic E-state index is -2.22. The van der Waals surface area contributed by atoms with E-state index in [9.17, 15) is 95.8 Å². The fourth-order valence-corrected chi connectivity index (χ4v) is 10.1. The van der Waals surface area contributed by atoms with Gasteiger partial charge in [-0.05, 0) is 59.7 Å². The van der Waals surface area contributed by atoms with E-state index in [1.165, 1.54) is 68.8 Å². The molecule has 95 heavy (non-hydrogen) atoms. The van der Waals surface area contributed by atoms with E-state index < -0.39 is 208 Å². The molecule has 5 aromatic rings. The molecule has 0 aliphatic carbocycles. The van der Waals surface area contributed by atoms with Crippen molar-refractivity contribution in [2.45, 2.75) is 123 Å². The first-order valence-electron chi connectivity index (χ1n) is 28.7. The molecule has 4 aliphatic heterocycles. The summed E-state index contributed by atoms with van der Waals surface area (Å²) < 4.78 is 79.8. The van der Waals surface area contributed by atoms with Gasteiger partial charge in [0.1, 0.15) is 122 Å². The van der Waals surface area contributed by atoms with Crippen LogP contribution in [-0.4, -0.2) is 263 Å². The van der Waals surface area contributed by atoms with Gasteiger partial charge in [-0.3, -0.25) is 9.59 Å². The number of aromatic hydroxyl groups is 4. The predicted octanol–water partition coefficient (Wildman–Crippen LogP) is -2.23. The largest absolute Gasteiger partial charge is 0.507 e. The molecular formula is C61H67O34+. The number of carboxylic acids is 1. The molecule has 0 saturated carbocycles. The summed E-state index contributed by atoms with van der Waals surface area (Å²) >= 11 is 0. The fourth-order valence-electron chi connectivity index (χ4n) is 10.1. The number of aliphatic carboxylic acids is 1. The van der Waals surface area contributed by atoms with Crippen LogP contribution in [0.5, 0.6) is 51.7 Å². The number of carboxylic acid groups (broad SMARTS) is 1. The van der Waals surface area contributed by atoms with Gasteiger partial charge in [-0.2, -0.15) is 0 Å². The normalized spacial score (nSPS) is 30.1. The third kappa shape index (κ3) is 16.5. The van der Waals surface area contributed by atoms with E-state index in [4.69, 9.17) is 71.1 Å². The predicted molar refractivity (Wildman–Crippen MR) is 310 cm³/mol. The lowest BCUT2D eigenvalue weighted by Crippen LogP contribution is -2.64. The Hall–Kier alpha value is -8.79. The fraction of sp³-hybridized carbons (Fsp3) is 0.426. The number of fused-ring (bicyclic) bond motifs is 1. The first kappa shape index (κ1) is 70.5. The maximum absolute atomic E-state index is 13.5. The number of carbonyl (C=O) groups is 4. The molecule has 0 unspecified atom stereocenters. The Balaban J connectivity index is 1.03. The van der Waals surface area contributed by atoms with Crippen LogP contribution in [-0.2, 0) is 57.1 Å². The van der Waals surface area contributed by atoms with Crippen molar-refractivity contribution in [3.8, 4) is 63.1 Å². The highest BCUT2D eigenvalue weighted by Crippen LogP contribution is 2.44. The van der Waals surface area contributed by atoms with Crippen molar-refractivity contribution < 1.29 is 167 Å². The smallest absolute Gasteiger partial charge is 0.402 e. The summed E-state index contributed by atoms with van der Waals surface area (Å²) in [5, 5.41) is 170. The third-order valence-electron chi connectivity index (χ3n) is 15.2. The average molecular weight is 1340 g/mol. The SMILES string of the molecule is COc1cc(C=CC(=O)O[C@H]2[C@H](O[C@H]3[C@H](Oc4cc5c(O[C@@H]6O[C@H](COC(=O)CC(=O)O)[C@@H](O)[C@H](O)[C@H]6O)cc(O)cc5[o+]c4-c4ccc(O)c(O)c4)O[C@H](COC(=O)/C=C/c4ccc(O[C@@H]5O[C@H](CO)[C@@H](O)[C@H](O)[C@H]5O)cc4)[C@@H](O)[C@@H]3O)OC[C@@H](O)[C@@H]2O)cc(OC)c1O. The van der Waals surface area contributed by atoms with Gasteiger partial charge in [0.2, 0.25) is 30.4 Å². The highest BCUT2D eigenvalue weighted by atomic mass is 16.8. The summed E-state index contributed by atoms with van der Waals surface area (Å²) in [7, 11) is 2.53. The van der Waals surface area contributed by atoms with E-state index in [1.54, 1.807) is 0 Å². The van der Waals surface area contributed by atoms with E-state index in [-0.39, 0.29) is 45.1 Å². The highest BCUT2D eigenvalue weighted by Gasteiger charge is 2.53. The number of carbonyl (C=O) groups excluding carboxylic acids is 3. The molecular weight excluding hydrogens is 1280 g/mol. The van der Waals surface area contributed by atoms with Crippen LogP contribution in [0.1, 0.15) is 17.5 Å². The number of ether oxygens (including phenoxy) is 13. The molecule has 34 nitrogen and oxygen atoms in total. The van der Waals surface area contributed by atoms with Crippen LogP contribution in [0.15, 0.2) is 89.4 Å². The number of methoxy groups -OCH3 is 2. The maximum Gasteiger partial charge on any atom is 0.402 e. The molecule has 514 valence electrons. The quantitative estimate of drug-likeness (QED) is 0.00822. The monoisotopic (exact) mass is 1340 g/mol. The number of benzene rings is 4. The highest BCUT2D eigenvalue weighted by molar-refractivity contribution is 5.91. The number of aliphatic hydroxyl groups excluding tert-OH is 11. The van der Waals surface area contributed by atoms with Gasteiger partial charge in [-0.25, -0.2) is 14.0 Å². The number of esters is 3. The molecule has 0 spiro atoms. The number of hydrogen-bond donors (Lipinski definition) is 16. The lowest BCUT2D eigenvalue weighted by molar-refractivity contribution is -0.345. The van der Waals surface area contributed by atoms with Crippen LogP contribution in [0.3, 0.4) is 0 Å². The van der Waals surface area contributed by atoms with Crippen LogP contribution in [0, 0.1) is 0 Å². The zero-order valence-electron chi connectivity index (χ0n) is 49.7. The molecule has 0 bridgehead atoms. The van der Waals surface area contributed by atoms with Crippen LogP contribution >= 0.6 is 0 Å².